The van der Waals surface area contributed by atoms with Gasteiger partial charge in [-0.15, -0.1) is 11.6 Å². The number of rotatable bonds is 11. The van der Waals surface area contributed by atoms with Gasteiger partial charge in [0, 0.05) is 17.1 Å². The van der Waals surface area contributed by atoms with Crippen LogP contribution in [0, 0.1) is 0 Å². The number of unbranched alkanes of at least 4 members (excludes halogenated alkanes) is 1. The molecule has 1 N–H and O–H groups in total. The molecule has 1 heterocycles. The lowest BCUT2D eigenvalue weighted by atomic mass is 10.1. The highest BCUT2D eigenvalue weighted by atomic mass is 35.5. The van der Waals surface area contributed by atoms with Gasteiger partial charge in [-0.05, 0) is 50.5 Å². The number of pyridine rings is 1. The SMILES string of the molecule is CC(Cl)CCCCOC(Oc1ccccc1C(=O)Nc1cccnc1)c1ccccc1. The summed E-state index contributed by atoms with van der Waals surface area (Å²) in [5.41, 5.74) is 1.93. The van der Waals surface area contributed by atoms with Crippen molar-refractivity contribution in [1.82, 2.24) is 4.98 Å². The topological polar surface area (TPSA) is 60.5 Å². The molecular weight excluding hydrogens is 412 g/mol. The molecule has 2 unspecified atom stereocenters. The van der Waals surface area contributed by atoms with Crippen LogP contribution >= 0.6 is 11.6 Å². The minimum absolute atomic E-state index is 0.159. The van der Waals surface area contributed by atoms with Gasteiger partial charge in [0.05, 0.1) is 24.1 Å². The number of benzene rings is 2. The molecule has 0 saturated heterocycles. The maximum absolute atomic E-state index is 12.8. The number of anilines is 1. The minimum atomic E-state index is -0.623. The summed E-state index contributed by atoms with van der Waals surface area (Å²) in [5.74, 6) is 0.179. The molecule has 0 saturated carbocycles. The third-order valence-electron chi connectivity index (χ3n) is 4.62. The number of hydrogen-bond donors (Lipinski definition) is 1. The van der Waals surface area contributed by atoms with E-state index in [0.29, 0.717) is 23.6 Å². The predicted octanol–water partition coefficient (Wildman–Crippen LogP) is 6.23. The number of carbonyl (C=O) groups excluding carboxylic acids is 1. The number of halogens is 1. The molecule has 0 aliphatic heterocycles. The van der Waals surface area contributed by atoms with Gasteiger partial charge >= 0.3 is 0 Å². The first-order chi connectivity index (χ1) is 15.1. The van der Waals surface area contributed by atoms with Crippen molar-refractivity contribution >= 4 is 23.2 Å². The quantitative estimate of drug-likeness (QED) is 0.219. The van der Waals surface area contributed by atoms with Crippen LogP contribution in [0.15, 0.2) is 79.1 Å². The second kappa shape index (κ2) is 12.1. The fourth-order valence-electron chi connectivity index (χ4n) is 3.03. The van der Waals surface area contributed by atoms with Gasteiger partial charge in [-0.25, -0.2) is 0 Å². The highest BCUT2D eigenvalue weighted by Crippen LogP contribution is 2.27. The average Bonchev–Trinajstić information content (AvgIpc) is 2.79. The van der Waals surface area contributed by atoms with Gasteiger partial charge in [-0.3, -0.25) is 9.78 Å². The maximum Gasteiger partial charge on any atom is 0.259 e. The summed E-state index contributed by atoms with van der Waals surface area (Å²) in [7, 11) is 0. The van der Waals surface area contributed by atoms with Crippen molar-refractivity contribution in [1.29, 1.82) is 0 Å². The van der Waals surface area contributed by atoms with Crippen molar-refractivity contribution in [2.24, 2.45) is 0 Å². The van der Waals surface area contributed by atoms with Crippen LogP contribution in [0.5, 0.6) is 5.75 Å². The van der Waals surface area contributed by atoms with E-state index in [0.717, 1.165) is 24.8 Å². The fraction of sp³-hybridized carbons (Fsp3) is 0.280. The van der Waals surface area contributed by atoms with E-state index in [1.54, 1.807) is 42.7 Å². The monoisotopic (exact) mass is 438 g/mol. The summed E-state index contributed by atoms with van der Waals surface area (Å²) < 4.78 is 12.3. The van der Waals surface area contributed by atoms with Gasteiger partial charge in [-0.2, -0.15) is 0 Å². The first-order valence-electron chi connectivity index (χ1n) is 10.4. The molecule has 1 aromatic heterocycles. The van der Waals surface area contributed by atoms with E-state index in [1.807, 2.05) is 43.3 Å². The molecule has 6 heteroatoms. The van der Waals surface area contributed by atoms with Crippen LogP contribution in [0.3, 0.4) is 0 Å². The standard InChI is InChI=1S/C25H27ClN2O3/c1-19(26)10-7-8-17-30-25(20-11-3-2-4-12-20)31-23-15-6-5-14-22(23)24(29)28-21-13-9-16-27-18-21/h2-6,9,11-16,18-19,25H,7-8,10,17H2,1H3,(H,28,29). The number of amides is 1. The van der Waals surface area contributed by atoms with Gasteiger partial charge in [0.1, 0.15) is 5.75 Å². The second-order valence-corrected chi connectivity index (χ2v) is 7.94. The first kappa shape index (κ1) is 22.8. The summed E-state index contributed by atoms with van der Waals surface area (Å²) in [6.07, 6.45) is 5.44. The van der Waals surface area contributed by atoms with Crippen LogP contribution in [0.1, 0.15) is 48.4 Å². The van der Waals surface area contributed by atoms with Crippen molar-refractivity contribution in [3.63, 3.8) is 0 Å². The molecule has 3 aromatic rings. The van der Waals surface area contributed by atoms with E-state index >= 15 is 0 Å². The Kier molecular flexibility index (Phi) is 8.88. The Hall–Kier alpha value is -2.89. The van der Waals surface area contributed by atoms with E-state index in [4.69, 9.17) is 21.1 Å². The van der Waals surface area contributed by atoms with Crippen LogP contribution in [0.4, 0.5) is 5.69 Å². The molecule has 0 bridgehead atoms. The number of alkyl halides is 1. The number of para-hydroxylation sites is 1. The number of carbonyl (C=O) groups is 1. The Balaban J connectivity index is 1.72. The Morgan fingerprint density at radius 3 is 2.55 bits per heavy atom. The van der Waals surface area contributed by atoms with Gasteiger partial charge in [0.15, 0.2) is 0 Å². The molecule has 2 aromatic carbocycles. The van der Waals surface area contributed by atoms with Gasteiger partial charge in [-0.1, -0.05) is 42.5 Å². The molecule has 0 fully saturated rings. The number of aromatic nitrogens is 1. The molecule has 0 aliphatic rings. The summed E-state index contributed by atoms with van der Waals surface area (Å²) >= 11 is 6.02. The van der Waals surface area contributed by atoms with E-state index in [-0.39, 0.29) is 11.3 Å². The van der Waals surface area contributed by atoms with Crippen LogP contribution in [-0.4, -0.2) is 22.9 Å². The van der Waals surface area contributed by atoms with E-state index in [2.05, 4.69) is 10.3 Å². The fourth-order valence-corrected chi connectivity index (χ4v) is 3.19. The largest absolute Gasteiger partial charge is 0.460 e. The molecule has 5 nitrogen and oxygen atoms in total. The Bertz CT molecular complexity index is 936. The first-order valence-corrected chi connectivity index (χ1v) is 10.8. The molecule has 3 rings (SSSR count). The molecular formula is C25H27ClN2O3. The lowest BCUT2D eigenvalue weighted by molar-refractivity contribution is -0.0848. The number of nitrogens with zero attached hydrogens (tertiary/aromatic N) is 1. The molecule has 0 aliphatic carbocycles. The Morgan fingerprint density at radius 1 is 1.03 bits per heavy atom. The van der Waals surface area contributed by atoms with Crippen LogP contribution in [-0.2, 0) is 4.74 Å². The minimum Gasteiger partial charge on any atom is -0.460 e. The summed E-state index contributed by atoms with van der Waals surface area (Å²) in [5, 5.41) is 3.01. The van der Waals surface area contributed by atoms with Crippen molar-refractivity contribution in [3.05, 3.63) is 90.3 Å². The van der Waals surface area contributed by atoms with Gasteiger partial charge in [0.25, 0.3) is 5.91 Å². The van der Waals surface area contributed by atoms with Crippen molar-refractivity contribution < 1.29 is 14.3 Å². The summed E-state index contributed by atoms with van der Waals surface area (Å²) in [6.45, 7) is 2.53. The summed E-state index contributed by atoms with van der Waals surface area (Å²) in [6, 6.07) is 20.4. The van der Waals surface area contributed by atoms with E-state index in [1.165, 1.54) is 0 Å². The zero-order chi connectivity index (χ0) is 21.9. The highest BCUT2D eigenvalue weighted by molar-refractivity contribution is 6.20. The smallest absolute Gasteiger partial charge is 0.259 e. The number of nitrogens with one attached hydrogen (secondary N) is 1. The second-order valence-electron chi connectivity index (χ2n) is 7.20. The van der Waals surface area contributed by atoms with E-state index < -0.39 is 6.29 Å². The van der Waals surface area contributed by atoms with Crippen LogP contribution < -0.4 is 10.1 Å². The average molecular weight is 439 g/mol. The molecule has 1 amide bonds. The molecule has 31 heavy (non-hydrogen) atoms. The third-order valence-corrected chi connectivity index (χ3v) is 4.84. The predicted molar refractivity (Wildman–Crippen MR) is 124 cm³/mol. The van der Waals surface area contributed by atoms with Gasteiger partial charge in [0.2, 0.25) is 6.29 Å². The maximum atomic E-state index is 12.8. The molecule has 0 radical (unpaired) electrons. The van der Waals surface area contributed by atoms with Crippen LogP contribution in [0.25, 0.3) is 0 Å². The van der Waals surface area contributed by atoms with Crippen molar-refractivity contribution in [3.8, 4) is 5.75 Å². The summed E-state index contributed by atoms with van der Waals surface area (Å²) in [4.78, 5) is 16.9. The number of hydrogen-bond acceptors (Lipinski definition) is 4. The van der Waals surface area contributed by atoms with Gasteiger partial charge < -0.3 is 14.8 Å². The Morgan fingerprint density at radius 2 is 1.81 bits per heavy atom. The lowest BCUT2D eigenvalue weighted by Gasteiger charge is -2.21. The molecule has 162 valence electrons. The zero-order valence-corrected chi connectivity index (χ0v) is 18.3. The van der Waals surface area contributed by atoms with Crippen molar-refractivity contribution in [2.45, 2.75) is 37.9 Å². The van der Waals surface area contributed by atoms with Crippen molar-refractivity contribution in [2.75, 3.05) is 11.9 Å². The zero-order valence-electron chi connectivity index (χ0n) is 17.5. The normalized spacial score (nSPS) is 12.7. The molecule has 0 spiro atoms. The molecule has 2 atom stereocenters. The Labute approximate surface area is 188 Å². The lowest BCUT2D eigenvalue weighted by Crippen LogP contribution is -2.17. The van der Waals surface area contributed by atoms with E-state index in [9.17, 15) is 4.79 Å². The van der Waals surface area contributed by atoms with Crippen LogP contribution in [0.2, 0.25) is 0 Å². The third kappa shape index (κ3) is 7.39. The highest BCUT2D eigenvalue weighted by Gasteiger charge is 2.19. The number of ether oxygens (including phenoxy) is 2.